The number of nitrogens with zero attached hydrogens (tertiary/aromatic N) is 3. The first kappa shape index (κ1) is 12.1. The highest BCUT2D eigenvalue weighted by Gasteiger charge is 2.11. The van der Waals surface area contributed by atoms with Crippen LogP contribution >= 0.6 is 27.5 Å². The number of amides is 1. The molecule has 0 aliphatic rings. The third-order valence-electron chi connectivity index (χ3n) is 2.02. The van der Waals surface area contributed by atoms with E-state index in [2.05, 4.69) is 31.3 Å². The Balaban J connectivity index is 2.21. The van der Waals surface area contributed by atoms with Crippen molar-refractivity contribution < 1.29 is 4.79 Å². The van der Waals surface area contributed by atoms with Gasteiger partial charge in [-0.3, -0.25) is 9.48 Å². The maximum absolute atomic E-state index is 11.8. The highest BCUT2D eigenvalue weighted by Crippen LogP contribution is 2.23. The molecule has 5 nitrogen and oxygen atoms in total. The van der Waals surface area contributed by atoms with Gasteiger partial charge in [-0.25, -0.2) is 4.98 Å². The molecule has 88 valence electrons. The summed E-state index contributed by atoms with van der Waals surface area (Å²) in [5.41, 5.74) is 0.915. The van der Waals surface area contributed by atoms with Crippen molar-refractivity contribution in [3.63, 3.8) is 0 Å². The smallest absolute Gasteiger partial charge is 0.258 e. The summed E-state index contributed by atoms with van der Waals surface area (Å²) < 4.78 is 2.29. The van der Waals surface area contributed by atoms with Crippen LogP contribution in [0.5, 0.6) is 0 Å². The maximum Gasteiger partial charge on any atom is 0.258 e. The van der Waals surface area contributed by atoms with E-state index in [4.69, 9.17) is 11.6 Å². The van der Waals surface area contributed by atoms with Crippen LogP contribution in [0.15, 0.2) is 29.1 Å². The molecule has 0 radical (unpaired) electrons. The van der Waals surface area contributed by atoms with Gasteiger partial charge in [-0.2, -0.15) is 5.10 Å². The maximum atomic E-state index is 11.8. The van der Waals surface area contributed by atoms with Crippen molar-refractivity contribution in [3.8, 4) is 0 Å². The van der Waals surface area contributed by atoms with Crippen LogP contribution in [0.4, 0.5) is 5.69 Å². The number of rotatable bonds is 2. The molecule has 0 fully saturated rings. The van der Waals surface area contributed by atoms with Crippen molar-refractivity contribution in [3.05, 3.63) is 39.8 Å². The summed E-state index contributed by atoms with van der Waals surface area (Å²) in [6.07, 6.45) is 4.66. The van der Waals surface area contributed by atoms with Crippen LogP contribution in [0.3, 0.4) is 0 Å². The molecule has 0 atom stereocenters. The Kier molecular flexibility index (Phi) is 3.44. The van der Waals surface area contributed by atoms with Crippen LogP contribution in [0.25, 0.3) is 0 Å². The Morgan fingerprint density at radius 3 is 2.94 bits per heavy atom. The fourth-order valence-corrected chi connectivity index (χ4v) is 1.73. The Hall–Kier alpha value is -1.40. The van der Waals surface area contributed by atoms with E-state index in [-0.39, 0.29) is 11.1 Å². The van der Waals surface area contributed by atoms with Gasteiger partial charge in [0, 0.05) is 23.9 Å². The molecule has 0 saturated heterocycles. The molecule has 0 saturated carbocycles. The quantitative estimate of drug-likeness (QED) is 0.866. The lowest BCUT2D eigenvalue weighted by molar-refractivity contribution is 0.102. The number of pyridine rings is 1. The standard InChI is InChI=1S/C10H8BrClN4O/c1-16-5-6(3-14-16)10(17)15-8-2-7(11)4-13-9(8)12/h2-5H,1H3,(H,15,17). The molecule has 17 heavy (non-hydrogen) atoms. The van der Waals surface area contributed by atoms with E-state index in [1.807, 2.05) is 0 Å². The molecule has 0 spiro atoms. The van der Waals surface area contributed by atoms with Gasteiger partial charge in [0.1, 0.15) is 0 Å². The highest BCUT2D eigenvalue weighted by molar-refractivity contribution is 9.10. The number of halogens is 2. The summed E-state index contributed by atoms with van der Waals surface area (Å²) in [7, 11) is 1.74. The van der Waals surface area contributed by atoms with Gasteiger partial charge < -0.3 is 5.32 Å². The zero-order chi connectivity index (χ0) is 12.4. The number of aryl methyl sites for hydroxylation is 1. The highest BCUT2D eigenvalue weighted by atomic mass is 79.9. The van der Waals surface area contributed by atoms with E-state index in [1.165, 1.54) is 6.20 Å². The number of carbonyl (C=O) groups excluding carboxylic acids is 1. The topological polar surface area (TPSA) is 59.8 Å². The van der Waals surface area contributed by atoms with E-state index in [9.17, 15) is 4.79 Å². The van der Waals surface area contributed by atoms with Gasteiger partial charge >= 0.3 is 0 Å². The van der Waals surface area contributed by atoms with Gasteiger partial charge in [0.05, 0.1) is 17.4 Å². The molecule has 1 N–H and O–H groups in total. The van der Waals surface area contributed by atoms with Crippen LogP contribution in [0.2, 0.25) is 5.15 Å². The first-order valence-electron chi connectivity index (χ1n) is 4.67. The van der Waals surface area contributed by atoms with Crippen molar-refractivity contribution >= 4 is 39.1 Å². The summed E-state index contributed by atoms with van der Waals surface area (Å²) in [5, 5.41) is 6.82. The molecular formula is C10H8BrClN4O. The number of aromatic nitrogens is 3. The molecule has 0 unspecified atom stereocenters. The number of carbonyl (C=O) groups is 1. The van der Waals surface area contributed by atoms with Crippen LogP contribution in [0, 0.1) is 0 Å². The molecule has 1 amide bonds. The SMILES string of the molecule is Cn1cc(C(=O)Nc2cc(Br)cnc2Cl)cn1. The lowest BCUT2D eigenvalue weighted by atomic mass is 10.3. The molecule has 0 aromatic carbocycles. The number of anilines is 1. The van der Waals surface area contributed by atoms with E-state index in [1.54, 1.807) is 30.2 Å². The Morgan fingerprint density at radius 1 is 1.53 bits per heavy atom. The predicted molar refractivity (Wildman–Crippen MR) is 68.1 cm³/mol. The zero-order valence-electron chi connectivity index (χ0n) is 8.82. The van der Waals surface area contributed by atoms with E-state index >= 15 is 0 Å². The average Bonchev–Trinajstić information content (AvgIpc) is 2.70. The Morgan fingerprint density at radius 2 is 2.29 bits per heavy atom. The molecule has 2 aromatic rings. The van der Waals surface area contributed by atoms with Gasteiger partial charge in [-0.15, -0.1) is 0 Å². The third kappa shape index (κ3) is 2.83. The van der Waals surface area contributed by atoms with Crippen molar-refractivity contribution in [1.29, 1.82) is 0 Å². The van der Waals surface area contributed by atoms with E-state index < -0.39 is 0 Å². The summed E-state index contributed by atoms with van der Waals surface area (Å²) in [6.45, 7) is 0. The second-order valence-electron chi connectivity index (χ2n) is 3.35. The predicted octanol–water partition coefficient (Wildman–Crippen LogP) is 2.48. The van der Waals surface area contributed by atoms with Crippen molar-refractivity contribution in [2.75, 3.05) is 5.32 Å². The minimum Gasteiger partial charge on any atom is -0.319 e. The van der Waals surface area contributed by atoms with Crippen molar-refractivity contribution in [2.24, 2.45) is 7.05 Å². The average molecular weight is 316 g/mol. The molecule has 7 heteroatoms. The molecule has 0 bridgehead atoms. The molecule has 2 rings (SSSR count). The van der Waals surface area contributed by atoms with Gasteiger partial charge in [0.15, 0.2) is 5.15 Å². The lowest BCUT2D eigenvalue weighted by Crippen LogP contribution is -2.11. The Labute approximate surface area is 111 Å². The lowest BCUT2D eigenvalue weighted by Gasteiger charge is -2.05. The minimum absolute atomic E-state index is 0.241. The van der Waals surface area contributed by atoms with Gasteiger partial charge in [-0.05, 0) is 22.0 Å². The first-order valence-corrected chi connectivity index (χ1v) is 5.84. The third-order valence-corrected chi connectivity index (χ3v) is 2.76. The van der Waals surface area contributed by atoms with Crippen LogP contribution < -0.4 is 5.32 Å². The van der Waals surface area contributed by atoms with E-state index in [0.717, 1.165) is 4.47 Å². The second kappa shape index (κ2) is 4.85. The van der Waals surface area contributed by atoms with Gasteiger partial charge in [0.2, 0.25) is 0 Å². The fourth-order valence-electron chi connectivity index (χ4n) is 1.24. The fraction of sp³-hybridized carbons (Fsp3) is 0.100. The number of nitrogens with one attached hydrogen (secondary N) is 1. The first-order chi connectivity index (χ1) is 8.06. The minimum atomic E-state index is -0.278. The van der Waals surface area contributed by atoms with E-state index in [0.29, 0.717) is 11.3 Å². The van der Waals surface area contributed by atoms with Crippen molar-refractivity contribution in [1.82, 2.24) is 14.8 Å². The van der Waals surface area contributed by atoms with Gasteiger partial charge in [-0.1, -0.05) is 11.6 Å². The Bertz CT molecular complexity index is 569. The van der Waals surface area contributed by atoms with Crippen molar-refractivity contribution in [2.45, 2.75) is 0 Å². The molecule has 0 aliphatic heterocycles. The number of hydrogen-bond acceptors (Lipinski definition) is 3. The van der Waals surface area contributed by atoms with Gasteiger partial charge in [0.25, 0.3) is 5.91 Å². The second-order valence-corrected chi connectivity index (χ2v) is 4.62. The zero-order valence-corrected chi connectivity index (χ0v) is 11.2. The molecule has 2 heterocycles. The number of hydrogen-bond donors (Lipinski definition) is 1. The normalized spacial score (nSPS) is 10.3. The molecule has 2 aromatic heterocycles. The largest absolute Gasteiger partial charge is 0.319 e. The van der Waals surface area contributed by atoms with Crippen LogP contribution in [-0.2, 0) is 7.05 Å². The summed E-state index contributed by atoms with van der Waals surface area (Å²) >= 11 is 9.12. The van der Waals surface area contributed by atoms with Crippen LogP contribution in [0.1, 0.15) is 10.4 Å². The monoisotopic (exact) mass is 314 g/mol. The molecule has 0 aliphatic carbocycles. The summed E-state index contributed by atoms with van der Waals surface area (Å²) in [4.78, 5) is 15.7. The molecular weight excluding hydrogens is 307 g/mol. The van der Waals surface area contributed by atoms with Crippen LogP contribution in [-0.4, -0.2) is 20.7 Å². The summed E-state index contributed by atoms with van der Waals surface area (Å²) in [5.74, 6) is -0.278. The summed E-state index contributed by atoms with van der Waals surface area (Å²) in [6, 6.07) is 1.68.